The van der Waals surface area contributed by atoms with E-state index in [1.807, 2.05) is 13.0 Å². The minimum absolute atomic E-state index is 0.0188. The number of carbonyl (C=O) groups excluding carboxylic acids is 2. The van der Waals surface area contributed by atoms with E-state index in [2.05, 4.69) is 28.8 Å². The van der Waals surface area contributed by atoms with E-state index in [-0.39, 0.29) is 30.0 Å². The number of amides is 2. The number of cyclic esters (lactones) is 1. The van der Waals surface area contributed by atoms with Crippen LogP contribution in [0.2, 0.25) is 0 Å². The standard InChI is InChI=1S/C20H27N3O4/c1-2-26-18-17(22-16(24)13-23-11-12-27-19(23)25)14-5-3-4-6-15(14)20(18)7-9-21-10-8-20/h3-6,17-18,21H,2,7-13H2,1H3,(H,22,24)/t17-,18+/m0/s1. The van der Waals surface area contributed by atoms with Crippen molar-refractivity contribution in [3.8, 4) is 0 Å². The van der Waals surface area contributed by atoms with Crippen LogP contribution in [0.1, 0.15) is 36.9 Å². The number of carbonyl (C=O) groups is 2. The number of hydrogen-bond donors (Lipinski definition) is 2. The van der Waals surface area contributed by atoms with Gasteiger partial charge in [-0.2, -0.15) is 0 Å². The first-order valence-electron chi connectivity index (χ1n) is 9.78. The predicted octanol–water partition coefficient (Wildman–Crippen LogP) is 1.34. The Kier molecular flexibility index (Phi) is 5.06. The number of benzene rings is 1. The highest BCUT2D eigenvalue weighted by atomic mass is 16.6. The van der Waals surface area contributed by atoms with Gasteiger partial charge in [-0.25, -0.2) is 4.79 Å². The molecule has 1 aromatic carbocycles. The Morgan fingerprint density at radius 2 is 2.15 bits per heavy atom. The zero-order chi connectivity index (χ0) is 18.9. The first-order chi connectivity index (χ1) is 13.2. The third-order valence-electron chi connectivity index (χ3n) is 6.02. The second-order valence-electron chi connectivity index (χ2n) is 7.45. The Morgan fingerprint density at radius 3 is 2.85 bits per heavy atom. The molecule has 0 radical (unpaired) electrons. The van der Waals surface area contributed by atoms with Gasteiger partial charge in [0, 0.05) is 12.0 Å². The van der Waals surface area contributed by atoms with Crippen LogP contribution in [0.4, 0.5) is 4.79 Å². The molecular weight excluding hydrogens is 346 g/mol. The van der Waals surface area contributed by atoms with Gasteiger partial charge in [-0.05, 0) is 44.0 Å². The predicted molar refractivity (Wildman–Crippen MR) is 99.4 cm³/mol. The molecule has 27 heavy (non-hydrogen) atoms. The van der Waals surface area contributed by atoms with Crippen molar-refractivity contribution in [2.24, 2.45) is 0 Å². The lowest BCUT2D eigenvalue weighted by Crippen LogP contribution is -2.50. The third kappa shape index (κ3) is 3.19. The van der Waals surface area contributed by atoms with Crippen LogP contribution in [0.15, 0.2) is 24.3 Å². The molecule has 0 bridgehead atoms. The molecule has 7 nitrogen and oxygen atoms in total. The van der Waals surface area contributed by atoms with Gasteiger partial charge in [-0.1, -0.05) is 24.3 Å². The van der Waals surface area contributed by atoms with Gasteiger partial charge in [-0.15, -0.1) is 0 Å². The van der Waals surface area contributed by atoms with E-state index < -0.39 is 6.09 Å². The lowest BCUT2D eigenvalue weighted by atomic mass is 9.72. The summed E-state index contributed by atoms with van der Waals surface area (Å²) in [6.07, 6.45) is 1.45. The average molecular weight is 373 g/mol. The quantitative estimate of drug-likeness (QED) is 0.814. The zero-order valence-electron chi connectivity index (χ0n) is 15.7. The molecule has 1 aromatic rings. The van der Waals surface area contributed by atoms with E-state index in [0.29, 0.717) is 19.8 Å². The van der Waals surface area contributed by atoms with Crippen LogP contribution in [0.5, 0.6) is 0 Å². The second kappa shape index (κ2) is 7.48. The van der Waals surface area contributed by atoms with Crippen molar-refractivity contribution in [2.45, 2.75) is 37.3 Å². The molecule has 3 aliphatic rings. The molecule has 4 rings (SSSR count). The molecule has 2 N–H and O–H groups in total. The van der Waals surface area contributed by atoms with Gasteiger partial charge in [0.1, 0.15) is 13.2 Å². The smallest absolute Gasteiger partial charge is 0.410 e. The van der Waals surface area contributed by atoms with Gasteiger partial charge in [0.05, 0.1) is 18.7 Å². The van der Waals surface area contributed by atoms with E-state index >= 15 is 0 Å². The van der Waals surface area contributed by atoms with E-state index in [1.54, 1.807) is 0 Å². The highest BCUT2D eigenvalue weighted by Crippen LogP contribution is 2.51. The number of fused-ring (bicyclic) bond motifs is 2. The molecule has 2 saturated heterocycles. The third-order valence-corrected chi connectivity index (χ3v) is 6.02. The van der Waals surface area contributed by atoms with Crippen molar-refractivity contribution >= 4 is 12.0 Å². The highest BCUT2D eigenvalue weighted by molar-refractivity contribution is 5.83. The van der Waals surface area contributed by atoms with E-state index in [4.69, 9.17) is 9.47 Å². The minimum Gasteiger partial charge on any atom is -0.448 e. The SMILES string of the molecule is CCO[C@@H]1[C@@H](NC(=O)CN2CCOC2=O)c2ccccc2C12CCNCC2. The summed E-state index contributed by atoms with van der Waals surface area (Å²) in [6.45, 7) is 5.30. The fourth-order valence-corrected chi connectivity index (χ4v) is 4.83. The van der Waals surface area contributed by atoms with Crippen molar-refractivity contribution in [2.75, 3.05) is 39.4 Å². The van der Waals surface area contributed by atoms with Gasteiger partial charge in [0.25, 0.3) is 0 Å². The van der Waals surface area contributed by atoms with Crippen LogP contribution >= 0.6 is 0 Å². The molecule has 0 saturated carbocycles. The molecule has 2 heterocycles. The Balaban J connectivity index is 1.60. The van der Waals surface area contributed by atoms with E-state index in [0.717, 1.165) is 31.5 Å². The lowest BCUT2D eigenvalue weighted by Gasteiger charge is -2.41. The summed E-state index contributed by atoms with van der Waals surface area (Å²) >= 11 is 0. The summed E-state index contributed by atoms with van der Waals surface area (Å²) in [4.78, 5) is 25.8. The Hall–Kier alpha value is -2.12. The number of nitrogens with zero attached hydrogens (tertiary/aromatic N) is 1. The summed E-state index contributed by atoms with van der Waals surface area (Å²) in [6, 6.07) is 8.14. The average Bonchev–Trinajstić information content (AvgIpc) is 3.18. The van der Waals surface area contributed by atoms with Gasteiger partial charge in [0.15, 0.2) is 0 Å². The molecule has 0 unspecified atom stereocenters. The molecule has 1 spiro atoms. The van der Waals surface area contributed by atoms with Crippen LogP contribution in [0.3, 0.4) is 0 Å². The molecule has 2 atom stereocenters. The molecule has 2 amide bonds. The van der Waals surface area contributed by atoms with Crippen molar-refractivity contribution in [1.29, 1.82) is 0 Å². The number of ether oxygens (including phenoxy) is 2. The summed E-state index contributed by atoms with van der Waals surface area (Å²) in [5.41, 5.74) is 2.34. The number of nitrogens with one attached hydrogen (secondary N) is 2. The Bertz CT molecular complexity index is 717. The maximum absolute atomic E-state index is 12.7. The van der Waals surface area contributed by atoms with Crippen molar-refractivity contribution < 1.29 is 19.1 Å². The van der Waals surface area contributed by atoms with E-state index in [1.165, 1.54) is 10.5 Å². The molecule has 0 aromatic heterocycles. The lowest BCUT2D eigenvalue weighted by molar-refractivity contribution is -0.124. The first-order valence-corrected chi connectivity index (χ1v) is 9.78. The highest BCUT2D eigenvalue weighted by Gasteiger charge is 2.53. The van der Waals surface area contributed by atoms with Crippen LogP contribution in [0, 0.1) is 0 Å². The fourth-order valence-electron chi connectivity index (χ4n) is 4.83. The maximum atomic E-state index is 12.7. The fraction of sp³-hybridized carbons (Fsp3) is 0.600. The van der Waals surface area contributed by atoms with Gasteiger partial charge in [0.2, 0.25) is 5.91 Å². The van der Waals surface area contributed by atoms with Gasteiger partial charge >= 0.3 is 6.09 Å². The van der Waals surface area contributed by atoms with Crippen LogP contribution in [-0.4, -0.2) is 62.4 Å². The summed E-state index contributed by atoms with van der Waals surface area (Å²) in [7, 11) is 0. The molecule has 7 heteroatoms. The maximum Gasteiger partial charge on any atom is 0.410 e. The normalized spacial score (nSPS) is 26.1. The number of rotatable bonds is 5. The number of piperidine rings is 1. The van der Waals surface area contributed by atoms with Crippen molar-refractivity contribution in [3.05, 3.63) is 35.4 Å². The molecule has 146 valence electrons. The van der Waals surface area contributed by atoms with Crippen molar-refractivity contribution in [3.63, 3.8) is 0 Å². The van der Waals surface area contributed by atoms with Gasteiger partial charge in [-0.3, -0.25) is 9.69 Å². The van der Waals surface area contributed by atoms with Crippen LogP contribution in [0.25, 0.3) is 0 Å². The molecule has 2 aliphatic heterocycles. The molecule has 1 aliphatic carbocycles. The monoisotopic (exact) mass is 373 g/mol. The first kappa shape index (κ1) is 18.3. The topological polar surface area (TPSA) is 79.9 Å². The zero-order valence-corrected chi connectivity index (χ0v) is 15.7. The van der Waals surface area contributed by atoms with Gasteiger partial charge < -0.3 is 20.1 Å². The number of hydrogen-bond acceptors (Lipinski definition) is 5. The molecular formula is C20H27N3O4. The Morgan fingerprint density at radius 1 is 1.37 bits per heavy atom. The minimum atomic E-state index is -0.423. The van der Waals surface area contributed by atoms with Crippen LogP contribution < -0.4 is 10.6 Å². The van der Waals surface area contributed by atoms with Crippen molar-refractivity contribution in [1.82, 2.24) is 15.5 Å². The van der Waals surface area contributed by atoms with Crippen LogP contribution in [-0.2, 0) is 19.7 Å². The summed E-state index contributed by atoms with van der Waals surface area (Å²) in [5, 5.41) is 6.59. The summed E-state index contributed by atoms with van der Waals surface area (Å²) < 4.78 is 11.2. The second-order valence-corrected chi connectivity index (χ2v) is 7.45. The Labute approximate surface area is 159 Å². The molecule has 2 fully saturated rings. The van der Waals surface area contributed by atoms with E-state index in [9.17, 15) is 9.59 Å². The largest absolute Gasteiger partial charge is 0.448 e. The summed E-state index contributed by atoms with van der Waals surface area (Å²) in [5.74, 6) is -0.177.